The second kappa shape index (κ2) is 70.8. The smallest absolute Gasteiger partial charge is 0.493 e. The van der Waals surface area contributed by atoms with Crippen molar-refractivity contribution in [1.82, 2.24) is 0 Å². The number of hydrogen-bond donors (Lipinski definition) is 0. The number of rotatable bonds is 64. The van der Waals surface area contributed by atoms with Crippen LogP contribution in [0.2, 0.25) is 0 Å². The molecule has 2 aromatic rings. The molecule has 2 nitrogen and oxygen atoms in total. The number of nitrogens with zero attached hydrogens (tertiary/aromatic N) is 2. The van der Waals surface area contributed by atoms with Crippen LogP contribution in [-0.2, 0) is 29.3 Å². The van der Waals surface area contributed by atoms with E-state index in [0.29, 0.717) is 0 Å². The Morgan fingerprint density at radius 1 is 0.253 bits per heavy atom. The van der Waals surface area contributed by atoms with E-state index in [1.165, 1.54) is 393 Å². The third-order valence-electron chi connectivity index (χ3n) is 19.7. The van der Waals surface area contributed by atoms with E-state index in [1.54, 1.807) is 4.70 Å². The van der Waals surface area contributed by atoms with Gasteiger partial charge in [-0.15, -0.1) is 0 Å². The number of aryl methyl sites for hydroxylation is 2. The van der Waals surface area contributed by atoms with Gasteiger partial charge < -0.3 is 19.4 Å². The van der Waals surface area contributed by atoms with Gasteiger partial charge in [0.05, 0.1) is 0 Å². The van der Waals surface area contributed by atoms with E-state index in [-0.39, 0.29) is 16.5 Å². The van der Waals surface area contributed by atoms with E-state index < -0.39 is 0 Å². The predicted octanol–water partition coefficient (Wildman–Crippen LogP) is 31.9. The topological polar surface area (TPSA) is 25.3 Å². The van der Waals surface area contributed by atoms with Gasteiger partial charge in [-0.1, -0.05) is 413 Å². The van der Waals surface area contributed by atoms with Crippen LogP contribution in [0.4, 0.5) is 0 Å². The van der Waals surface area contributed by atoms with Crippen LogP contribution in [0.25, 0.3) is 16.9 Å². The zero-order valence-electron chi connectivity index (χ0n) is 62.5. The molecule has 2 aromatic carbocycles. The van der Waals surface area contributed by atoms with Gasteiger partial charge in [-0.3, -0.25) is 0 Å². The van der Waals surface area contributed by atoms with Gasteiger partial charge in [0.1, 0.15) is 0 Å². The minimum atomic E-state index is 0. The van der Waals surface area contributed by atoms with Gasteiger partial charge >= 0.3 is 16.5 Å². The Hall–Kier alpha value is -1.99. The van der Waals surface area contributed by atoms with E-state index in [9.17, 15) is 5.53 Å². The molecular weight excluding hydrogens is 1140 g/mol. The summed E-state index contributed by atoms with van der Waals surface area (Å²) >= 11 is 0. The van der Waals surface area contributed by atoms with Crippen LogP contribution in [-0.4, -0.2) is 4.70 Å². The van der Waals surface area contributed by atoms with Gasteiger partial charge in [-0.25, -0.2) is 4.70 Å². The fourth-order valence-corrected chi connectivity index (χ4v) is 13.7. The Morgan fingerprint density at radius 2 is 0.451 bits per heavy atom. The molecule has 91 heavy (non-hydrogen) atoms. The molecule has 3 heteroatoms. The molecule has 0 unspecified atom stereocenters. The average molecular weight is 1300 g/mol. The van der Waals surface area contributed by atoms with Crippen molar-refractivity contribution in [3.8, 4) is 0 Å². The molecule has 0 aliphatic carbocycles. The van der Waals surface area contributed by atoms with Gasteiger partial charge in [-0.2, -0.15) is 12.8 Å². The minimum Gasteiger partial charge on any atom is -0.493 e. The summed E-state index contributed by atoms with van der Waals surface area (Å²) in [6.45, 7) is 21.4. The van der Waals surface area contributed by atoms with Crippen molar-refractivity contribution in [3.63, 3.8) is 0 Å². The van der Waals surface area contributed by atoms with Gasteiger partial charge in [0, 0.05) is 22.3 Å². The molecule has 0 bridgehead atoms. The summed E-state index contributed by atoms with van der Waals surface area (Å²) in [5, 5.41) is 0. The minimum absolute atomic E-state index is 0. The number of allylic oxidation sites excluding steroid dienone is 2. The van der Waals surface area contributed by atoms with Gasteiger partial charge in [0.2, 0.25) is 11.4 Å². The molecule has 0 spiro atoms. The maximum Gasteiger partial charge on any atom is 2.00 e. The quantitative estimate of drug-likeness (QED) is 0.0273. The summed E-state index contributed by atoms with van der Waals surface area (Å²) in [6.07, 6.45) is 88.1. The molecule has 1 aliphatic rings. The zero-order chi connectivity index (χ0) is 65.1. The van der Waals surface area contributed by atoms with Crippen molar-refractivity contribution in [2.45, 2.75) is 452 Å². The monoisotopic (exact) mass is 1300 g/mol. The molecule has 0 radical (unpaired) electrons. The summed E-state index contributed by atoms with van der Waals surface area (Å²) in [5.74, 6) is 0. The Morgan fingerprint density at radius 3 is 0.681 bits per heavy atom. The summed E-state index contributed by atoms with van der Waals surface area (Å²) in [4.78, 5) is 0. The average Bonchev–Trinajstić information content (AvgIpc) is 1.69. The van der Waals surface area contributed by atoms with Crippen molar-refractivity contribution in [2.24, 2.45) is 0 Å². The van der Waals surface area contributed by atoms with E-state index in [0.717, 1.165) is 62.8 Å². The molecule has 0 saturated heterocycles. The maximum absolute atomic E-state index is 12.2. The molecule has 3 rings (SSSR count). The van der Waals surface area contributed by atoms with E-state index in [1.807, 2.05) is 0 Å². The first-order chi connectivity index (χ1) is 44.5. The van der Waals surface area contributed by atoms with Gasteiger partial charge in [0.25, 0.3) is 0 Å². The summed E-state index contributed by atoms with van der Waals surface area (Å²) in [5.41, 5.74) is 22.1. The summed E-state index contributed by atoms with van der Waals surface area (Å²) in [6, 6.07) is 18.1. The third-order valence-corrected chi connectivity index (χ3v) is 19.7. The summed E-state index contributed by atoms with van der Waals surface area (Å²) < 4.78 is 1.60. The fraction of sp³-hybridized carbons (Fsp3) is 0.795. The largest absolute Gasteiger partial charge is 2.00 e. The van der Waals surface area contributed by atoms with E-state index in [4.69, 9.17) is 0 Å². The van der Waals surface area contributed by atoms with Gasteiger partial charge in [0.15, 0.2) is 0 Å². The molecular formula is C88H158N2Ni. The Balaban J connectivity index is 0.00000213. The second-order valence-electron chi connectivity index (χ2n) is 28.5. The van der Waals surface area contributed by atoms with Crippen LogP contribution >= 0.6 is 0 Å². The SMILES string of the molecule is CCCCCCCCCCCCCCCCCCCCCCCCCCCCCCC1=C(c2cccc(CCCC)c2)[N+](=[N-])C(c2cccc(CCCC)c2)=C1CCCC.[CH2-]CCCCCCCCCCCCCC.[CH2-]CCCCCCCCCCCCCC.[Ni+2]. The molecule has 0 atom stereocenters. The zero-order valence-corrected chi connectivity index (χ0v) is 63.5. The van der Waals surface area contributed by atoms with Crippen LogP contribution in [0.3, 0.4) is 0 Å². The van der Waals surface area contributed by atoms with E-state index in [2.05, 4.69) is 104 Å². The molecule has 0 amide bonds. The first-order valence-corrected chi connectivity index (χ1v) is 41.2. The first kappa shape index (κ1) is 89.0. The third kappa shape index (κ3) is 51.9. The van der Waals surface area contributed by atoms with Gasteiger partial charge in [-0.05, 0) is 86.8 Å². The van der Waals surface area contributed by atoms with Crippen molar-refractivity contribution in [1.29, 1.82) is 0 Å². The summed E-state index contributed by atoms with van der Waals surface area (Å²) in [7, 11) is 0. The van der Waals surface area contributed by atoms with Crippen molar-refractivity contribution in [2.75, 3.05) is 0 Å². The Kier molecular flexibility index (Phi) is 69.3. The Bertz CT molecular complexity index is 1840. The molecule has 0 N–H and O–H groups in total. The van der Waals surface area contributed by atoms with Crippen LogP contribution < -0.4 is 0 Å². The predicted molar refractivity (Wildman–Crippen MR) is 409 cm³/mol. The maximum atomic E-state index is 12.2. The van der Waals surface area contributed by atoms with Crippen LogP contribution in [0.15, 0.2) is 59.7 Å². The fourth-order valence-electron chi connectivity index (χ4n) is 13.7. The number of hydrogen-bond acceptors (Lipinski definition) is 0. The van der Waals surface area contributed by atoms with E-state index >= 15 is 0 Å². The molecule has 0 fully saturated rings. The number of benzene rings is 2. The molecule has 1 aliphatic heterocycles. The molecule has 530 valence electrons. The van der Waals surface area contributed by atoms with Crippen LogP contribution in [0.1, 0.15) is 462 Å². The standard InChI is InChI=1S/C58H96N2.2C15H31.Ni/c1-5-9-13-14-15-16-17-18-19-20-21-22-23-24-25-26-27-28-29-30-31-32-33-34-35-36-37-38-48-56-55(47-12-8-4)57(53-45-39-43-51(49-53)41-10-6-2)60(59)58(56)54-46-40-44-52(50-54)42-11-7-3;2*1-3-5-7-9-11-13-15-14-12-10-8-6-4-2;/h39-40,43-46,49-50H,5-38,41-42,47-48H2,1-4H3;2*1,3-15H2,2H3;/q;2*-1;+2. The molecule has 0 aromatic heterocycles. The second-order valence-corrected chi connectivity index (χ2v) is 28.5. The van der Waals surface area contributed by atoms with Crippen molar-refractivity contribution in [3.05, 3.63) is 101 Å². The van der Waals surface area contributed by atoms with Crippen molar-refractivity contribution >= 4 is 11.4 Å². The molecule has 0 saturated carbocycles. The van der Waals surface area contributed by atoms with Crippen LogP contribution in [0, 0.1) is 13.8 Å². The normalized spacial score (nSPS) is 12.2. The molecule has 1 heterocycles. The van der Waals surface area contributed by atoms with Crippen molar-refractivity contribution < 1.29 is 21.2 Å². The van der Waals surface area contributed by atoms with Crippen LogP contribution in [0.5, 0.6) is 0 Å². The number of unbranched alkanes of at least 4 members (excludes halogenated alkanes) is 54. The first-order valence-electron chi connectivity index (χ1n) is 41.2. The Labute approximate surface area is 582 Å².